The van der Waals surface area contributed by atoms with Crippen LogP contribution in [0, 0.1) is 17.0 Å². The van der Waals surface area contributed by atoms with Crippen LogP contribution in [-0.4, -0.2) is 27.5 Å². The second kappa shape index (κ2) is 5.08. The molecule has 2 aliphatic rings. The molecule has 0 N–H and O–H groups in total. The average Bonchev–Trinajstić information content (AvgIpc) is 3.07. The van der Waals surface area contributed by atoms with Gasteiger partial charge in [0.15, 0.2) is 0 Å². The van der Waals surface area contributed by atoms with E-state index in [0.29, 0.717) is 11.1 Å². The molecule has 3 rings (SSSR count). The van der Waals surface area contributed by atoms with Crippen LogP contribution in [0.3, 0.4) is 0 Å². The molecule has 1 aliphatic carbocycles. The first-order valence-electron chi connectivity index (χ1n) is 7.27. The Hall–Kier alpha value is -2.44. The number of hydrazone groups is 1. The Balaban J connectivity index is 1.99. The van der Waals surface area contributed by atoms with Crippen LogP contribution in [0.1, 0.15) is 43.7 Å². The largest absolute Gasteiger partial charge is 0.447 e. The smallest absolute Gasteiger partial charge is 0.273 e. The van der Waals surface area contributed by atoms with Gasteiger partial charge in [-0.15, -0.1) is 5.10 Å². The highest BCUT2D eigenvalue weighted by molar-refractivity contribution is 5.97. The lowest BCUT2D eigenvalue weighted by Crippen LogP contribution is -2.44. The molecule has 7 nitrogen and oxygen atoms in total. The normalized spacial score (nSPS) is 19.2. The number of nitro groups is 1. The Morgan fingerprint density at radius 2 is 2.09 bits per heavy atom. The monoisotopic (exact) mass is 303 g/mol. The Morgan fingerprint density at radius 1 is 1.41 bits per heavy atom. The molecule has 1 spiro atoms. The minimum Gasteiger partial charge on any atom is -0.447 e. The van der Waals surface area contributed by atoms with Crippen molar-refractivity contribution in [3.8, 4) is 0 Å². The molecule has 0 radical (unpaired) electrons. The minimum absolute atomic E-state index is 0.0190. The number of hydrogen-bond acceptors (Lipinski definition) is 5. The van der Waals surface area contributed by atoms with E-state index in [1.165, 1.54) is 18.0 Å². The van der Waals surface area contributed by atoms with Crippen molar-refractivity contribution in [1.82, 2.24) is 5.01 Å². The minimum atomic E-state index is -0.708. The van der Waals surface area contributed by atoms with Gasteiger partial charge >= 0.3 is 0 Å². The van der Waals surface area contributed by atoms with E-state index in [0.717, 1.165) is 25.7 Å². The van der Waals surface area contributed by atoms with Crippen LogP contribution < -0.4 is 0 Å². The lowest BCUT2D eigenvalue weighted by atomic mass is 10.1. The van der Waals surface area contributed by atoms with E-state index in [9.17, 15) is 14.9 Å². The molecule has 116 valence electrons. The van der Waals surface area contributed by atoms with Gasteiger partial charge in [0.1, 0.15) is 0 Å². The molecule has 1 aromatic carbocycles. The van der Waals surface area contributed by atoms with Gasteiger partial charge in [0.2, 0.25) is 17.5 Å². The van der Waals surface area contributed by atoms with Crippen molar-refractivity contribution in [2.45, 2.75) is 45.3 Å². The maximum absolute atomic E-state index is 11.8. The van der Waals surface area contributed by atoms with Crippen molar-refractivity contribution in [1.29, 1.82) is 0 Å². The quantitative estimate of drug-likeness (QED) is 0.621. The summed E-state index contributed by atoms with van der Waals surface area (Å²) >= 11 is 0. The van der Waals surface area contributed by atoms with Gasteiger partial charge in [0.25, 0.3) is 5.69 Å². The van der Waals surface area contributed by atoms with Crippen molar-refractivity contribution >= 4 is 17.5 Å². The van der Waals surface area contributed by atoms with Crippen LogP contribution in [0.5, 0.6) is 0 Å². The summed E-state index contributed by atoms with van der Waals surface area (Å²) in [5.74, 6) is 0.0960. The number of carbonyl (C=O) groups is 1. The lowest BCUT2D eigenvalue weighted by Gasteiger charge is -2.29. The zero-order valence-corrected chi connectivity index (χ0v) is 12.5. The van der Waals surface area contributed by atoms with E-state index in [1.54, 1.807) is 19.1 Å². The van der Waals surface area contributed by atoms with Gasteiger partial charge in [-0.1, -0.05) is 6.07 Å². The van der Waals surface area contributed by atoms with Crippen LogP contribution in [0.25, 0.3) is 0 Å². The Labute approximate surface area is 127 Å². The summed E-state index contributed by atoms with van der Waals surface area (Å²) in [7, 11) is 0. The first-order valence-corrected chi connectivity index (χ1v) is 7.27. The van der Waals surface area contributed by atoms with Gasteiger partial charge < -0.3 is 4.74 Å². The van der Waals surface area contributed by atoms with E-state index in [-0.39, 0.29) is 17.5 Å². The zero-order chi connectivity index (χ0) is 15.9. The van der Waals surface area contributed by atoms with Crippen molar-refractivity contribution in [3.05, 3.63) is 39.4 Å². The Morgan fingerprint density at radius 3 is 2.68 bits per heavy atom. The molecule has 1 heterocycles. The summed E-state index contributed by atoms with van der Waals surface area (Å²) < 4.78 is 5.98. The van der Waals surface area contributed by atoms with Crippen molar-refractivity contribution in [3.63, 3.8) is 0 Å². The van der Waals surface area contributed by atoms with E-state index in [2.05, 4.69) is 5.10 Å². The predicted molar refractivity (Wildman–Crippen MR) is 79.2 cm³/mol. The third-order valence-electron chi connectivity index (χ3n) is 4.20. The molecule has 0 atom stereocenters. The van der Waals surface area contributed by atoms with E-state index in [4.69, 9.17) is 4.74 Å². The molecule has 0 aromatic heterocycles. The highest BCUT2D eigenvalue weighted by Crippen LogP contribution is 2.41. The number of amides is 1. The van der Waals surface area contributed by atoms with Gasteiger partial charge in [-0.3, -0.25) is 14.9 Å². The van der Waals surface area contributed by atoms with Gasteiger partial charge in [0.05, 0.1) is 4.92 Å². The number of rotatable bonds is 2. The molecule has 1 saturated carbocycles. The van der Waals surface area contributed by atoms with Crippen LogP contribution >= 0.6 is 0 Å². The molecule has 1 fully saturated rings. The third-order valence-corrected chi connectivity index (χ3v) is 4.20. The molecule has 22 heavy (non-hydrogen) atoms. The summed E-state index contributed by atoms with van der Waals surface area (Å²) in [6, 6.07) is 4.84. The van der Waals surface area contributed by atoms with Crippen LogP contribution in [0.15, 0.2) is 23.3 Å². The maximum Gasteiger partial charge on any atom is 0.273 e. The summed E-state index contributed by atoms with van der Waals surface area (Å²) in [6.45, 7) is 3.13. The van der Waals surface area contributed by atoms with E-state index in [1.807, 2.05) is 0 Å². The maximum atomic E-state index is 11.8. The average molecular weight is 303 g/mol. The molecule has 1 amide bonds. The molecular weight excluding hydrogens is 286 g/mol. The van der Waals surface area contributed by atoms with E-state index >= 15 is 0 Å². The third kappa shape index (κ3) is 2.22. The number of carbonyl (C=O) groups excluding carboxylic acids is 1. The Kier molecular flexibility index (Phi) is 3.35. The van der Waals surface area contributed by atoms with Crippen molar-refractivity contribution < 1.29 is 14.5 Å². The number of nitro benzene ring substituents is 1. The van der Waals surface area contributed by atoms with Gasteiger partial charge in [-0.2, -0.15) is 5.01 Å². The highest BCUT2D eigenvalue weighted by atomic mass is 16.6. The standard InChI is InChI=1S/C15H17N3O4/c1-10-5-6-12(9-13(10)18(20)21)14-16-17(11(2)19)15(22-14)7-3-4-8-15/h5-6,9H,3-4,7-8H2,1-2H3. The molecule has 7 heteroatoms. The topological polar surface area (TPSA) is 85.0 Å². The zero-order valence-electron chi connectivity index (χ0n) is 12.5. The van der Waals surface area contributed by atoms with Crippen molar-refractivity contribution in [2.75, 3.05) is 0 Å². The van der Waals surface area contributed by atoms with Gasteiger partial charge in [-0.05, 0) is 25.8 Å². The summed E-state index contributed by atoms with van der Waals surface area (Å²) in [4.78, 5) is 22.5. The first kappa shape index (κ1) is 14.5. The van der Waals surface area contributed by atoms with Crippen LogP contribution in [0.2, 0.25) is 0 Å². The number of aryl methyl sites for hydroxylation is 1. The van der Waals surface area contributed by atoms with Gasteiger partial charge in [0, 0.05) is 37.0 Å². The van der Waals surface area contributed by atoms with Crippen LogP contribution in [0.4, 0.5) is 5.69 Å². The number of benzene rings is 1. The summed E-state index contributed by atoms with van der Waals surface area (Å²) in [5, 5.41) is 16.7. The SMILES string of the molecule is CC(=O)N1N=C(c2ccc(C)c([N+](=O)[O-])c2)OC12CCCC2. The molecule has 1 aliphatic heterocycles. The molecule has 0 bridgehead atoms. The summed E-state index contributed by atoms with van der Waals surface area (Å²) in [5.41, 5.74) is 0.408. The number of nitrogens with zero attached hydrogens (tertiary/aromatic N) is 3. The van der Waals surface area contributed by atoms with Crippen molar-refractivity contribution in [2.24, 2.45) is 5.10 Å². The molecule has 0 saturated heterocycles. The molecular formula is C15H17N3O4. The number of ether oxygens (including phenoxy) is 1. The fourth-order valence-electron chi connectivity index (χ4n) is 3.08. The van der Waals surface area contributed by atoms with Gasteiger partial charge in [-0.25, -0.2) is 0 Å². The second-order valence-electron chi connectivity index (χ2n) is 5.75. The number of hydrogen-bond donors (Lipinski definition) is 0. The predicted octanol–water partition coefficient (Wildman–Crippen LogP) is 2.71. The summed E-state index contributed by atoms with van der Waals surface area (Å²) in [6.07, 6.45) is 3.41. The fourth-order valence-corrected chi connectivity index (χ4v) is 3.08. The van der Waals surface area contributed by atoms with E-state index < -0.39 is 10.6 Å². The molecule has 0 unspecified atom stereocenters. The lowest BCUT2D eigenvalue weighted by molar-refractivity contribution is -0.385. The molecule has 1 aromatic rings. The second-order valence-corrected chi connectivity index (χ2v) is 5.75. The fraction of sp³-hybridized carbons (Fsp3) is 0.467. The highest BCUT2D eigenvalue weighted by Gasteiger charge is 2.49. The first-order chi connectivity index (χ1) is 10.4. The van der Waals surface area contributed by atoms with Crippen LogP contribution in [-0.2, 0) is 9.53 Å². The Bertz CT molecular complexity index is 677.